The number of ether oxygens (including phenoxy) is 2. The number of allylic oxidation sites excluding steroid dienone is 2. The molecule has 1 amide bonds. The molecule has 4 atom stereocenters. The van der Waals surface area contributed by atoms with Gasteiger partial charge in [0.2, 0.25) is 0 Å². The summed E-state index contributed by atoms with van der Waals surface area (Å²) < 4.78 is 10.9. The Morgan fingerprint density at radius 2 is 2.00 bits per heavy atom. The standard InChI is InChI=1S/C28H35NO5S/c1-17(30)34-20-11-12-24-21(15-20)22(16-35-24)27(32)29-26-18(13-19-14-23(26)28(19,2)3)9-7-5-6-8-10-25(31)33-4/h5,7,11-12,15-16,18-19,23,26H,6,8-10,13-14H2,1-4H3,(H,29,32)/b7-5-/t18-,19-,23-,26+/m0/s1. The van der Waals surface area contributed by atoms with Gasteiger partial charge in [-0.1, -0.05) is 26.0 Å². The molecule has 3 fully saturated rings. The Bertz CT molecular complexity index is 1130. The minimum absolute atomic E-state index is 0.0607. The van der Waals surface area contributed by atoms with Crippen LogP contribution < -0.4 is 10.1 Å². The maximum absolute atomic E-state index is 13.5. The fraction of sp³-hybridized carbons (Fsp3) is 0.536. The van der Waals surface area contributed by atoms with Crippen LogP contribution in [0, 0.1) is 23.2 Å². The highest BCUT2D eigenvalue weighted by Crippen LogP contribution is 2.61. The van der Waals surface area contributed by atoms with Gasteiger partial charge in [0.1, 0.15) is 5.75 Å². The molecule has 35 heavy (non-hydrogen) atoms. The number of unbranched alkanes of at least 4 members (excludes halogenated alkanes) is 1. The van der Waals surface area contributed by atoms with Crippen LogP contribution in [0.1, 0.15) is 69.7 Å². The van der Waals surface area contributed by atoms with Gasteiger partial charge >= 0.3 is 11.9 Å². The molecule has 0 saturated heterocycles. The number of thiophene rings is 1. The molecule has 3 aliphatic carbocycles. The zero-order valence-electron chi connectivity index (χ0n) is 21.0. The van der Waals surface area contributed by atoms with Crippen molar-refractivity contribution in [1.29, 1.82) is 0 Å². The van der Waals surface area contributed by atoms with E-state index in [4.69, 9.17) is 9.47 Å². The van der Waals surface area contributed by atoms with E-state index in [0.717, 1.165) is 42.2 Å². The van der Waals surface area contributed by atoms with E-state index in [1.165, 1.54) is 25.4 Å². The maximum atomic E-state index is 13.5. The molecule has 1 N–H and O–H groups in total. The van der Waals surface area contributed by atoms with Gasteiger partial charge in [0.25, 0.3) is 5.91 Å². The minimum atomic E-state index is -0.379. The average Bonchev–Trinajstić information content (AvgIpc) is 3.24. The monoisotopic (exact) mass is 497 g/mol. The number of carbonyl (C=O) groups is 3. The first-order valence-corrected chi connectivity index (χ1v) is 13.3. The molecule has 1 heterocycles. The van der Waals surface area contributed by atoms with E-state index >= 15 is 0 Å². The molecule has 188 valence electrons. The highest BCUT2D eigenvalue weighted by molar-refractivity contribution is 7.17. The van der Waals surface area contributed by atoms with Gasteiger partial charge in [0, 0.05) is 34.9 Å². The predicted octanol–water partition coefficient (Wildman–Crippen LogP) is 5.90. The molecular formula is C28H35NO5S. The first kappa shape index (κ1) is 25.4. The predicted molar refractivity (Wildman–Crippen MR) is 137 cm³/mol. The average molecular weight is 498 g/mol. The quantitative estimate of drug-likeness (QED) is 0.202. The Labute approximate surface area is 211 Å². The summed E-state index contributed by atoms with van der Waals surface area (Å²) in [6, 6.07) is 5.55. The van der Waals surface area contributed by atoms with Crippen LogP contribution in [0.4, 0.5) is 0 Å². The Morgan fingerprint density at radius 1 is 1.20 bits per heavy atom. The Balaban J connectivity index is 1.45. The Morgan fingerprint density at radius 3 is 2.71 bits per heavy atom. The van der Waals surface area contributed by atoms with Crippen molar-refractivity contribution in [3.63, 3.8) is 0 Å². The SMILES string of the molecule is COC(=O)CCC/C=C\C[C@H]1C[C@H]2C[C@@H]([C@@H]1NC(=O)c1csc3ccc(OC(C)=O)cc13)C2(C)C. The third-order valence-corrected chi connectivity index (χ3v) is 8.97. The number of nitrogens with one attached hydrogen (secondary N) is 1. The van der Waals surface area contributed by atoms with Crippen LogP contribution in [0.3, 0.4) is 0 Å². The summed E-state index contributed by atoms with van der Waals surface area (Å²) >= 11 is 1.52. The lowest BCUT2D eigenvalue weighted by Crippen LogP contribution is -2.63. The largest absolute Gasteiger partial charge is 0.469 e. The molecule has 2 aromatic rings. The van der Waals surface area contributed by atoms with E-state index in [-0.39, 0.29) is 29.3 Å². The van der Waals surface area contributed by atoms with E-state index in [1.54, 1.807) is 12.1 Å². The second-order valence-electron chi connectivity index (χ2n) is 10.4. The van der Waals surface area contributed by atoms with Gasteiger partial charge in [-0.15, -0.1) is 11.3 Å². The number of hydrogen-bond acceptors (Lipinski definition) is 6. The number of rotatable bonds is 9. The van der Waals surface area contributed by atoms with E-state index in [1.807, 2.05) is 11.4 Å². The zero-order valence-corrected chi connectivity index (χ0v) is 21.8. The van der Waals surface area contributed by atoms with Crippen LogP contribution in [0.5, 0.6) is 5.75 Å². The van der Waals surface area contributed by atoms with Crippen LogP contribution in [-0.2, 0) is 14.3 Å². The summed E-state index contributed by atoms with van der Waals surface area (Å²) in [6.07, 6.45) is 9.64. The van der Waals surface area contributed by atoms with Crippen LogP contribution in [0.15, 0.2) is 35.7 Å². The summed E-state index contributed by atoms with van der Waals surface area (Å²) in [5.74, 6) is 1.40. The lowest BCUT2D eigenvalue weighted by molar-refractivity contribution is -0.140. The van der Waals surface area contributed by atoms with Gasteiger partial charge in [-0.05, 0) is 73.5 Å². The lowest BCUT2D eigenvalue weighted by atomic mass is 9.44. The molecule has 1 aromatic heterocycles. The second-order valence-corrected chi connectivity index (χ2v) is 11.3. The van der Waals surface area contributed by atoms with Crippen LogP contribution in [0.25, 0.3) is 10.1 Å². The van der Waals surface area contributed by atoms with Gasteiger partial charge in [-0.25, -0.2) is 0 Å². The smallest absolute Gasteiger partial charge is 0.308 e. The first-order chi connectivity index (χ1) is 16.7. The summed E-state index contributed by atoms with van der Waals surface area (Å²) in [5, 5.41) is 6.12. The highest BCUT2D eigenvalue weighted by Gasteiger charge is 2.57. The third kappa shape index (κ3) is 5.45. The molecule has 7 heteroatoms. The Hall–Kier alpha value is -2.67. The van der Waals surface area contributed by atoms with E-state index in [2.05, 4.69) is 31.3 Å². The number of methoxy groups -OCH3 is 1. The molecule has 0 radical (unpaired) electrons. The number of amides is 1. The first-order valence-electron chi connectivity index (χ1n) is 12.4. The molecule has 5 rings (SSSR count). The molecule has 6 nitrogen and oxygen atoms in total. The number of hydrogen-bond donors (Lipinski definition) is 1. The van der Waals surface area contributed by atoms with Crippen molar-refractivity contribution in [1.82, 2.24) is 5.32 Å². The topological polar surface area (TPSA) is 81.7 Å². The Kier molecular flexibility index (Phi) is 7.64. The fourth-order valence-electron chi connectivity index (χ4n) is 5.87. The van der Waals surface area contributed by atoms with Crippen molar-refractivity contribution in [3.8, 4) is 5.75 Å². The summed E-state index contributed by atoms with van der Waals surface area (Å²) in [6.45, 7) is 6.03. The van der Waals surface area contributed by atoms with E-state index < -0.39 is 0 Å². The van der Waals surface area contributed by atoms with Gasteiger partial charge in [-0.3, -0.25) is 14.4 Å². The van der Waals surface area contributed by atoms with Gasteiger partial charge < -0.3 is 14.8 Å². The van der Waals surface area contributed by atoms with Crippen LogP contribution in [0.2, 0.25) is 0 Å². The lowest BCUT2D eigenvalue weighted by Gasteiger charge is -2.62. The van der Waals surface area contributed by atoms with Gasteiger partial charge in [-0.2, -0.15) is 0 Å². The number of fused-ring (bicyclic) bond motifs is 3. The molecule has 0 spiro atoms. The van der Waals surface area contributed by atoms with Crippen molar-refractivity contribution in [3.05, 3.63) is 41.3 Å². The van der Waals surface area contributed by atoms with Crippen molar-refractivity contribution in [2.45, 2.75) is 65.3 Å². The number of esters is 2. The molecule has 0 unspecified atom stereocenters. The maximum Gasteiger partial charge on any atom is 0.308 e. The summed E-state index contributed by atoms with van der Waals surface area (Å²) in [7, 11) is 1.42. The highest BCUT2D eigenvalue weighted by atomic mass is 32.1. The van der Waals surface area contributed by atoms with Crippen molar-refractivity contribution in [2.75, 3.05) is 7.11 Å². The second kappa shape index (κ2) is 10.5. The van der Waals surface area contributed by atoms with Gasteiger partial charge in [0.05, 0.1) is 12.7 Å². The van der Waals surface area contributed by atoms with Crippen LogP contribution in [-0.4, -0.2) is 31.0 Å². The van der Waals surface area contributed by atoms with Crippen molar-refractivity contribution in [2.24, 2.45) is 23.2 Å². The molecule has 2 bridgehead atoms. The molecule has 3 aliphatic rings. The fourth-order valence-corrected chi connectivity index (χ4v) is 6.79. The van der Waals surface area contributed by atoms with Crippen LogP contribution >= 0.6 is 11.3 Å². The van der Waals surface area contributed by atoms with Gasteiger partial charge in [0.15, 0.2) is 0 Å². The molecule has 3 saturated carbocycles. The number of benzene rings is 1. The normalized spacial score (nSPS) is 24.7. The zero-order chi connectivity index (χ0) is 25.2. The van der Waals surface area contributed by atoms with E-state index in [9.17, 15) is 14.4 Å². The minimum Gasteiger partial charge on any atom is -0.469 e. The molecular weight excluding hydrogens is 462 g/mol. The molecule has 1 aromatic carbocycles. The van der Waals surface area contributed by atoms with Crippen molar-refractivity contribution < 1.29 is 23.9 Å². The van der Waals surface area contributed by atoms with E-state index in [0.29, 0.717) is 35.5 Å². The summed E-state index contributed by atoms with van der Waals surface area (Å²) in [4.78, 5) is 36.1. The molecule has 0 aliphatic heterocycles. The third-order valence-electron chi connectivity index (χ3n) is 8.01. The van der Waals surface area contributed by atoms with Crippen molar-refractivity contribution >= 4 is 39.3 Å². The number of carbonyl (C=O) groups excluding carboxylic acids is 3. The summed E-state index contributed by atoms with van der Waals surface area (Å²) in [5.41, 5.74) is 0.869.